The molecule has 0 radical (unpaired) electrons. The first-order chi connectivity index (χ1) is 4.86. The highest BCUT2D eigenvalue weighted by atomic mass is 79.9. The van der Waals surface area contributed by atoms with E-state index in [1.165, 1.54) is 5.56 Å². The number of hydrogen-bond acceptors (Lipinski definition) is 1. The predicted molar refractivity (Wildman–Crippen MR) is 45.0 cm³/mol. The van der Waals surface area contributed by atoms with E-state index >= 15 is 0 Å². The molecule has 1 rings (SSSR count). The molecule has 0 spiro atoms. The molecule has 0 aromatic heterocycles. The number of alkyl halides is 1. The number of benzene rings is 1. The molecule has 0 amide bonds. The number of halogens is 1. The molecule has 2 heteroatoms. The van der Waals surface area contributed by atoms with Crippen LogP contribution in [0.1, 0.15) is 11.1 Å². The fourth-order valence-corrected chi connectivity index (χ4v) is 1.16. The zero-order valence-electron chi connectivity index (χ0n) is 5.55. The lowest BCUT2D eigenvalue weighted by molar-refractivity contribution is 0.282. The first kappa shape index (κ1) is 7.76. The van der Waals surface area contributed by atoms with E-state index in [9.17, 15) is 0 Å². The van der Waals surface area contributed by atoms with Crippen LogP contribution in [0.25, 0.3) is 0 Å². The molecule has 1 N–H and O–H groups in total. The van der Waals surface area contributed by atoms with Crippen molar-refractivity contribution in [3.05, 3.63) is 35.4 Å². The van der Waals surface area contributed by atoms with E-state index in [-0.39, 0.29) is 6.61 Å². The van der Waals surface area contributed by atoms with Gasteiger partial charge in [-0.25, -0.2) is 0 Å². The molecule has 1 aromatic rings. The predicted octanol–water partition coefficient (Wildman–Crippen LogP) is 2.07. The monoisotopic (exact) mass is 200 g/mol. The van der Waals surface area contributed by atoms with Gasteiger partial charge in [0.2, 0.25) is 0 Å². The lowest BCUT2D eigenvalue weighted by atomic mass is 10.1. The Morgan fingerprint density at radius 1 is 1.30 bits per heavy atom. The van der Waals surface area contributed by atoms with E-state index in [1.54, 1.807) is 0 Å². The highest BCUT2D eigenvalue weighted by molar-refractivity contribution is 9.08. The Bertz CT molecular complexity index is 191. The summed E-state index contributed by atoms with van der Waals surface area (Å²) in [6, 6.07) is 7.86. The minimum atomic E-state index is 0.126. The highest BCUT2D eigenvalue weighted by Gasteiger charge is 1.91. The fraction of sp³-hybridized carbons (Fsp3) is 0.250. The molecule has 0 unspecified atom stereocenters. The summed E-state index contributed by atoms with van der Waals surface area (Å²) in [7, 11) is 0. The molecule has 0 aliphatic heterocycles. The summed E-state index contributed by atoms with van der Waals surface area (Å²) >= 11 is 3.34. The van der Waals surface area contributed by atoms with Gasteiger partial charge in [0.05, 0.1) is 6.61 Å². The third-order valence-electron chi connectivity index (χ3n) is 1.33. The van der Waals surface area contributed by atoms with E-state index in [2.05, 4.69) is 15.9 Å². The van der Waals surface area contributed by atoms with Crippen LogP contribution in [0, 0.1) is 0 Å². The summed E-state index contributed by atoms with van der Waals surface area (Å²) in [5.74, 6) is 0. The molecular weight excluding hydrogens is 192 g/mol. The number of hydrogen-bond donors (Lipinski definition) is 1. The summed E-state index contributed by atoms with van der Waals surface area (Å²) < 4.78 is 0. The molecule has 0 aliphatic rings. The summed E-state index contributed by atoms with van der Waals surface area (Å²) in [6.07, 6.45) is 0. The first-order valence-corrected chi connectivity index (χ1v) is 4.23. The maximum absolute atomic E-state index is 8.74. The number of rotatable bonds is 2. The minimum absolute atomic E-state index is 0.126. The second kappa shape index (κ2) is 3.74. The van der Waals surface area contributed by atoms with Gasteiger partial charge in [-0.1, -0.05) is 40.2 Å². The Kier molecular flexibility index (Phi) is 2.90. The van der Waals surface area contributed by atoms with Gasteiger partial charge in [-0.2, -0.15) is 0 Å². The van der Waals surface area contributed by atoms with Crippen LogP contribution in [0.5, 0.6) is 0 Å². The SMILES string of the molecule is OCc1cccc(CBr)c1. The van der Waals surface area contributed by atoms with Crippen molar-refractivity contribution in [1.29, 1.82) is 0 Å². The standard InChI is InChI=1S/C8H9BrO/c9-5-7-2-1-3-8(4-7)6-10/h1-4,10H,5-6H2. The van der Waals surface area contributed by atoms with Gasteiger partial charge in [0.1, 0.15) is 0 Å². The van der Waals surface area contributed by atoms with Crippen LogP contribution in [0.2, 0.25) is 0 Å². The average molecular weight is 201 g/mol. The van der Waals surface area contributed by atoms with Crippen LogP contribution in [-0.4, -0.2) is 5.11 Å². The third kappa shape index (κ3) is 1.82. The van der Waals surface area contributed by atoms with Gasteiger partial charge in [0.15, 0.2) is 0 Å². The smallest absolute Gasteiger partial charge is 0.0681 e. The molecule has 1 aromatic carbocycles. The van der Waals surface area contributed by atoms with Crippen LogP contribution < -0.4 is 0 Å². The Hall–Kier alpha value is -0.340. The Morgan fingerprint density at radius 2 is 2.00 bits per heavy atom. The normalized spacial score (nSPS) is 9.80. The summed E-state index contributed by atoms with van der Waals surface area (Å²) in [5.41, 5.74) is 2.17. The zero-order chi connectivity index (χ0) is 7.40. The second-order valence-corrected chi connectivity index (χ2v) is 2.67. The van der Waals surface area contributed by atoms with Crippen molar-refractivity contribution < 1.29 is 5.11 Å². The molecule has 0 aliphatic carbocycles. The third-order valence-corrected chi connectivity index (χ3v) is 1.98. The van der Waals surface area contributed by atoms with Crippen LogP contribution in [0.15, 0.2) is 24.3 Å². The van der Waals surface area contributed by atoms with Crippen LogP contribution >= 0.6 is 15.9 Å². The fourth-order valence-electron chi connectivity index (χ4n) is 0.811. The van der Waals surface area contributed by atoms with Crippen molar-refractivity contribution in [1.82, 2.24) is 0 Å². The van der Waals surface area contributed by atoms with E-state index < -0.39 is 0 Å². The summed E-state index contributed by atoms with van der Waals surface area (Å²) in [5, 5.41) is 9.59. The zero-order valence-corrected chi connectivity index (χ0v) is 7.13. The second-order valence-electron chi connectivity index (χ2n) is 2.11. The van der Waals surface area contributed by atoms with Gasteiger partial charge in [-0.15, -0.1) is 0 Å². The Morgan fingerprint density at radius 3 is 2.60 bits per heavy atom. The Labute approximate surface area is 68.8 Å². The molecule has 0 fully saturated rings. The topological polar surface area (TPSA) is 20.2 Å². The van der Waals surface area contributed by atoms with Crippen molar-refractivity contribution in [2.24, 2.45) is 0 Å². The van der Waals surface area contributed by atoms with Crippen LogP contribution in [0.3, 0.4) is 0 Å². The first-order valence-electron chi connectivity index (χ1n) is 3.11. The van der Waals surface area contributed by atoms with Gasteiger partial charge in [-0.3, -0.25) is 0 Å². The van der Waals surface area contributed by atoms with Crippen molar-refractivity contribution in [3.8, 4) is 0 Å². The van der Waals surface area contributed by atoms with Gasteiger partial charge in [0, 0.05) is 5.33 Å². The van der Waals surface area contributed by atoms with Crippen molar-refractivity contribution in [2.45, 2.75) is 11.9 Å². The Balaban J connectivity index is 2.87. The van der Waals surface area contributed by atoms with E-state index in [4.69, 9.17) is 5.11 Å². The van der Waals surface area contributed by atoms with Gasteiger partial charge < -0.3 is 5.11 Å². The molecule has 0 atom stereocenters. The van der Waals surface area contributed by atoms with Crippen molar-refractivity contribution in [3.63, 3.8) is 0 Å². The average Bonchev–Trinajstić information content (AvgIpc) is 2.05. The lowest BCUT2D eigenvalue weighted by Crippen LogP contribution is -1.84. The largest absolute Gasteiger partial charge is 0.392 e. The van der Waals surface area contributed by atoms with Crippen molar-refractivity contribution >= 4 is 15.9 Å². The van der Waals surface area contributed by atoms with Gasteiger partial charge in [0.25, 0.3) is 0 Å². The highest BCUT2D eigenvalue weighted by Crippen LogP contribution is 2.08. The quantitative estimate of drug-likeness (QED) is 0.726. The summed E-state index contributed by atoms with van der Waals surface area (Å²) in [6.45, 7) is 0.126. The van der Waals surface area contributed by atoms with Gasteiger partial charge in [-0.05, 0) is 11.1 Å². The number of aliphatic hydroxyl groups excluding tert-OH is 1. The van der Waals surface area contributed by atoms with Crippen LogP contribution in [-0.2, 0) is 11.9 Å². The summed E-state index contributed by atoms with van der Waals surface area (Å²) in [4.78, 5) is 0. The van der Waals surface area contributed by atoms with E-state index in [0.717, 1.165) is 10.9 Å². The molecule has 0 saturated heterocycles. The van der Waals surface area contributed by atoms with E-state index in [0.29, 0.717) is 0 Å². The maximum Gasteiger partial charge on any atom is 0.0681 e. The van der Waals surface area contributed by atoms with E-state index in [1.807, 2.05) is 24.3 Å². The van der Waals surface area contributed by atoms with Gasteiger partial charge >= 0.3 is 0 Å². The molecule has 10 heavy (non-hydrogen) atoms. The van der Waals surface area contributed by atoms with Crippen LogP contribution in [0.4, 0.5) is 0 Å². The van der Waals surface area contributed by atoms with Crippen molar-refractivity contribution in [2.75, 3.05) is 0 Å². The maximum atomic E-state index is 8.74. The molecule has 0 saturated carbocycles. The number of aliphatic hydroxyl groups is 1. The minimum Gasteiger partial charge on any atom is -0.392 e. The molecule has 0 bridgehead atoms. The molecule has 54 valence electrons. The molecular formula is C8H9BrO. The lowest BCUT2D eigenvalue weighted by Gasteiger charge is -1.97. The molecule has 0 heterocycles. The molecule has 1 nitrogen and oxygen atoms in total.